The largest absolute Gasteiger partial charge is 0.373 e. The van der Waals surface area contributed by atoms with Crippen LogP contribution in [0.2, 0.25) is 0 Å². The van der Waals surface area contributed by atoms with E-state index >= 15 is 0 Å². The molecule has 1 heterocycles. The standard InChI is InChI=1S/C13H13FN4O2/c1-8-3-4-10(14)11(5-8)16-13-7-9(18(19)20)6-12(15-2)17-13/h3-7H,1-2H3,(H2,15,16,17). The van der Waals surface area contributed by atoms with E-state index in [0.717, 1.165) is 5.56 Å². The van der Waals surface area contributed by atoms with E-state index in [1.165, 1.54) is 18.2 Å². The van der Waals surface area contributed by atoms with Gasteiger partial charge >= 0.3 is 0 Å². The van der Waals surface area contributed by atoms with Crippen LogP contribution in [0.4, 0.5) is 27.4 Å². The summed E-state index contributed by atoms with van der Waals surface area (Å²) in [5.74, 6) is 0.0812. The second-order valence-corrected chi connectivity index (χ2v) is 4.21. The van der Waals surface area contributed by atoms with Crippen LogP contribution in [0.25, 0.3) is 0 Å². The Morgan fingerprint density at radius 1 is 1.25 bits per heavy atom. The molecule has 2 N–H and O–H groups in total. The molecule has 0 amide bonds. The van der Waals surface area contributed by atoms with Crippen LogP contribution in [0, 0.1) is 22.9 Å². The molecule has 1 aromatic heterocycles. The van der Waals surface area contributed by atoms with E-state index in [2.05, 4.69) is 15.6 Å². The lowest BCUT2D eigenvalue weighted by molar-refractivity contribution is -0.384. The number of nitrogens with zero attached hydrogens (tertiary/aromatic N) is 2. The smallest absolute Gasteiger partial charge is 0.276 e. The van der Waals surface area contributed by atoms with Gasteiger partial charge in [0.15, 0.2) is 0 Å². The minimum atomic E-state index is -0.527. The zero-order valence-electron chi connectivity index (χ0n) is 11.0. The predicted octanol–water partition coefficient (Wildman–Crippen LogP) is 3.22. The number of hydrogen-bond donors (Lipinski definition) is 2. The highest BCUT2D eigenvalue weighted by molar-refractivity contribution is 5.63. The van der Waals surface area contributed by atoms with Crippen molar-refractivity contribution in [1.29, 1.82) is 0 Å². The average molecular weight is 276 g/mol. The molecular weight excluding hydrogens is 263 g/mol. The maximum atomic E-state index is 13.7. The second kappa shape index (κ2) is 5.52. The fourth-order valence-corrected chi connectivity index (χ4v) is 1.69. The Morgan fingerprint density at radius 3 is 2.60 bits per heavy atom. The van der Waals surface area contributed by atoms with Crippen LogP contribution in [-0.2, 0) is 0 Å². The molecule has 2 aromatic rings. The van der Waals surface area contributed by atoms with Gasteiger partial charge in [0.2, 0.25) is 0 Å². The minimum Gasteiger partial charge on any atom is -0.373 e. The van der Waals surface area contributed by atoms with Crippen molar-refractivity contribution in [3.63, 3.8) is 0 Å². The molecule has 0 saturated carbocycles. The van der Waals surface area contributed by atoms with E-state index in [1.807, 2.05) is 6.92 Å². The van der Waals surface area contributed by atoms with Crippen molar-refractivity contribution in [1.82, 2.24) is 4.98 Å². The number of nitro groups is 1. The maximum Gasteiger partial charge on any atom is 0.276 e. The van der Waals surface area contributed by atoms with Crippen molar-refractivity contribution in [2.75, 3.05) is 17.7 Å². The van der Waals surface area contributed by atoms with Crippen LogP contribution in [0.1, 0.15) is 5.56 Å². The first kappa shape index (κ1) is 13.7. The van der Waals surface area contributed by atoms with Gasteiger partial charge in [-0.15, -0.1) is 0 Å². The maximum absolute atomic E-state index is 13.7. The summed E-state index contributed by atoms with van der Waals surface area (Å²) in [6, 6.07) is 7.13. The molecule has 6 nitrogen and oxygen atoms in total. The number of anilines is 3. The summed E-state index contributed by atoms with van der Waals surface area (Å²) in [7, 11) is 1.60. The molecule has 0 fully saturated rings. The third-order valence-electron chi connectivity index (χ3n) is 2.66. The third-order valence-corrected chi connectivity index (χ3v) is 2.66. The van der Waals surface area contributed by atoms with Gasteiger partial charge in [-0.05, 0) is 24.6 Å². The summed E-state index contributed by atoms with van der Waals surface area (Å²) in [5, 5.41) is 16.3. The van der Waals surface area contributed by atoms with Crippen LogP contribution in [0.15, 0.2) is 30.3 Å². The van der Waals surface area contributed by atoms with Crippen LogP contribution >= 0.6 is 0 Å². The molecule has 2 rings (SSSR count). The number of benzene rings is 1. The van der Waals surface area contributed by atoms with Gasteiger partial charge in [0.1, 0.15) is 17.5 Å². The lowest BCUT2D eigenvalue weighted by Crippen LogP contribution is -2.01. The van der Waals surface area contributed by atoms with Crippen molar-refractivity contribution < 1.29 is 9.31 Å². The van der Waals surface area contributed by atoms with E-state index < -0.39 is 10.7 Å². The second-order valence-electron chi connectivity index (χ2n) is 4.21. The SMILES string of the molecule is CNc1cc([N+](=O)[O-])cc(Nc2cc(C)ccc2F)n1. The Morgan fingerprint density at radius 2 is 1.95 bits per heavy atom. The van der Waals surface area contributed by atoms with Crippen LogP contribution < -0.4 is 10.6 Å². The molecule has 20 heavy (non-hydrogen) atoms. The van der Waals surface area contributed by atoms with Crippen LogP contribution in [0.3, 0.4) is 0 Å². The van der Waals surface area contributed by atoms with Gasteiger partial charge in [0, 0.05) is 7.05 Å². The quantitative estimate of drug-likeness (QED) is 0.662. The Balaban J connectivity index is 2.39. The number of aromatic nitrogens is 1. The number of rotatable bonds is 4. The predicted molar refractivity (Wildman–Crippen MR) is 74.9 cm³/mol. The summed E-state index contributed by atoms with van der Waals surface area (Å²) in [4.78, 5) is 14.4. The van der Waals surface area contributed by atoms with E-state index in [9.17, 15) is 14.5 Å². The first-order valence-electron chi connectivity index (χ1n) is 5.87. The third kappa shape index (κ3) is 3.00. The molecule has 0 aliphatic rings. The summed E-state index contributed by atoms with van der Waals surface area (Å²) in [5.41, 5.74) is 0.966. The van der Waals surface area contributed by atoms with Gasteiger partial charge in [-0.2, -0.15) is 0 Å². The molecule has 0 spiro atoms. The summed E-state index contributed by atoms with van der Waals surface area (Å²) < 4.78 is 13.7. The Kier molecular flexibility index (Phi) is 3.79. The molecule has 0 saturated heterocycles. The monoisotopic (exact) mass is 276 g/mol. The molecule has 0 unspecified atom stereocenters. The van der Waals surface area contributed by atoms with Gasteiger partial charge < -0.3 is 10.6 Å². The number of aryl methyl sites for hydroxylation is 1. The van der Waals surface area contributed by atoms with Crippen molar-refractivity contribution in [3.05, 3.63) is 51.8 Å². The van der Waals surface area contributed by atoms with E-state index in [0.29, 0.717) is 5.82 Å². The first-order valence-corrected chi connectivity index (χ1v) is 5.87. The number of nitrogens with one attached hydrogen (secondary N) is 2. The first-order chi connectivity index (χ1) is 9.49. The van der Waals surface area contributed by atoms with E-state index in [1.54, 1.807) is 19.2 Å². The molecule has 0 bridgehead atoms. The average Bonchev–Trinajstić information content (AvgIpc) is 2.42. The van der Waals surface area contributed by atoms with Gasteiger partial charge in [-0.1, -0.05) is 6.07 Å². The van der Waals surface area contributed by atoms with E-state index in [4.69, 9.17) is 0 Å². The molecule has 0 aliphatic carbocycles. The highest BCUT2D eigenvalue weighted by atomic mass is 19.1. The number of pyridine rings is 1. The minimum absolute atomic E-state index is 0.125. The van der Waals surface area contributed by atoms with Crippen molar-refractivity contribution in [3.8, 4) is 0 Å². The highest BCUT2D eigenvalue weighted by Gasteiger charge is 2.12. The Hall–Kier alpha value is -2.70. The Labute approximate surface area is 114 Å². The van der Waals surface area contributed by atoms with Gasteiger partial charge in [0.25, 0.3) is 5.69 Å². The van der Waals surface area contributed by atoms with Crippen LogP contribution in [0.5, 0.6) is 0 Å². The molecule has 104 valence electrons. The number of hydrogen-bond acceptors (Lipinski definition) is 5. The summed E-state index contributed by atoms with van der Waals surface area (Å²) >= 11 is 0. The van der Waals surface area contributed by atoms with Gasteiger partial charge in [0.05, 0.1) is 22.7 Å². The fourth-order valence-electron chi connectivity index (χ4n) is 1.69. The highest BCUT2D eigenvalue weighted by Crippen LogP contribution is 2.25. The molecular formula is C13H13FN4O2. The van der Waals surface area contributed by atoms with Crippen LogP contribution in [-0.4, -0.2) is 17.0 Å². The molecule has 0 aliphatic heterocycles. The summed E-state index contributed by atoms with van der Waals surface area (Å²) in [6.45, 7) is 1.82. The molecule has 7 heteroatoms. The zero-order valence-corrected chi connectivity index (χ0v) is 11.0. The lowest BCUT2D eigenvalue weighted by Gasteiger charge is -2.09. The van der Waals surface area contributed by atoms with Crippen molar-refractivity contribution >= 4 is 23.0 Å². The molecule has 0 atom stereocenters. The Bertz CT molecular complexity index is 661. The van der Waals surface area contributed by atoms with Gasteiger partial charge in [-0.3, -0.25) is 10.1 Å². The van der Waals surface area contributed by atoms with Gasteiger partial charge in [-0.25, -0.2) is 9.37 Å². The van der Waals surface area contributed by atoms with Crippen molar-refractivity contribution in [2.45, 2.75) is 6.92 Å². The summed E-state index contributed by atoms with van der Waals surface area (Å²) in [6.07, 6.45) is 0. The normalized spacial score (nSPS) is 10.2. The lowest BCUT2D eigenvalue weighted by atomic mass is 10.2. The van der Waals surface area contributed by atoms with Crippen molar-refractivity contribution in [2.24, 2.45) is 0 Å². The number of halogens is 1. The van der Waals surface area contributed by atoms with E-state index in [-0.39, 0.29) is 17.2 Å². The molecule has 1 aromatic carbocycles. The zero-order chi connectivity index (χ0) is 14.7. The topological polar surface area (TPSA) is 80.1 Å². The fraction of sp³-hybridized carbons (Fsp3) is 0.154. The molecule has 0 radical (unpaired) electrons.